The Morgan fingerprint density at radius 2 is 2.00 bits per heavy atom. The number of unbranched alkanes of at least 4 members (excludes halogenated alkanes) is 1. The van der Waals surface area contributed by atoms with Crippen LogP contribution in [-0.4, -0.2) is 0 Å². The molecule has 0 aliphatic rings. The van der Waals surface area contributed by atoms with Crippen LogP contribution in [0.25, 0.3) is 5.57 Å². The molecule has 0 saturated carbocycles. The van der Waals surface area contributed by atoms with Gasteiger partial charge in [-0.15, -0.1) is 0 Å². The van der Waals surface area contributed by atoms with Gasteiger partial charge in [0, 0.05) is 11.4 Å². The minimum atomic E-state index is 0.590. The standard InChI is InChI=1S/C12H12ClN/c1-10(4-2-3-9-14)11-5-7-12(13)8-6-11/h5-8H,1-4H2. The lowest BCUT2D eigenvalue weighted by atomic mass is 10.0. The van der Waals surface area contributed by atoms with E-state index in [2.05, 4.69) is 12.6 Å². The maximum absolute atomic E-state index is 8.39. The molecule has 0 aliphatic heterocycles. The molecule has 0 saturated heterocycles. The Hall–Kier alpha value is -1.26. The Bertz CT molecular complexity index is 346. The molecule has 1 aromatic rings. The Balaban J connectivity index is 2.53. The predicted molar refractivity (Wildman–Crippen MR) is 60.0 cm³/mol. The van der Waals surface area contributed by atoms with Crippen molar-refractivity contribution in [3.8, 4) is 6.07 Å². The molecule has 0 atom stereocenters. The topological polar surface area (TPSA) is 23.8 Å². The molecular weight excluding hydrogens is 194 g/mol. The summed E-state index contributed by atoms with van der Waals surface area (Å²) in [5.74, 6) is 0. The molecule has 1 aromatic carbocycles. The van der Waals surface area contributed by atoms with E-state index in [9.17, 15) is 0 Å². The summed E-state index contributed by atoms with van der Waals surface area (Å²) in [6, 6.07) is 9.74. The van der Waals surface area contributed by atoms with Crippen LogP contribution in [0, 0.1) is 11.3 Å². The van der Waals surface area contributed by atoms with Gasteiger partial charge in [0.15, 0.2) is 0 Å². The lowest BCUT2D eigenvalue weighted by molar-refractivity contribution is 0.889. The van der Waals surface area contributed by atoms with Crippen LogP contribution in [0.4, 0.5) is 0 Å². The van der Waals surface area contributed by atoms with Crippen molar-refractivity contribution >= 4 is 17.2 Å². The zero-order valence-electron chi connectivity index (χ0n) is 7.96. The number of nitrogens with zero attached hydrogens (tertiary/aromatic N) is 1. The Morgan fingerprint density at radius 3 is 2.57 bits per heavy atom. The third kappa shape index (κ3) is 3.24. The molecule has 2 heteroatoms. The number of rotatable bonds is 4. The zero-order chi connectivity index (χ0) is 10.4. The van der Waals surface area contributed by atoms with Crippen LogP contribution in [0.2, 0.25) is 5.02 Å². The van der Waals surface area contributed by atoms with Gasteiger partial charge in [-0.3, -0.25) is 0 Å². The number of halogens is 1. The number of benzene rings is 1. The van der Waals surface area contributed by atoms with Crippen molar-refractivity contribution in [3.05, 3.63) is 41.4 Å². The van der Waals surface area contributed by atoms with Gasteiger partial charge in [0.05, 0.1) is 6.07 Å². The fraction of sp³-hybridized carbons (Fsp3) is 0.250. The van der Waals surface area contributed by atoms with E-state index in [1.807, 2.05) is 24.3 Å². The van der Waals surface area contributed by atoms with E-state index in [4.69, 9.17) is 16.9 Å². The van der Waals surface area contributed by atoms with Gasteiger partial charge in [-0.25, -0.2) is 0 Å². The summed E-state index contributed by atoms with van der Waals surface area (Å²) in [6.07, 6.45) is 2.33. The largest absolute Gasteiger partial charge is 0.198 e. The van der Waals surface area contributed by atoms with Gasteiger partial charge in [-0.05, 0) is 36.1 Å². The van der Waals surface area contributed by atoms with Crippen LogP contribution < -0.4 is 0 Å². The first-order valence-corrected chi connectivity index (χ1v) is 4.92. The first-order valence-electron chi connectivity index (χ1n) is 4.54. The van der Waals surface area contributed by atoms with Gasteiger partial charge in [0.1, 0.15) is 0 Å². The fourth-order valence-corrected chi connectivity index (χ4v) is 1.34. The maximum Gasteiger partial charge on any atom is 0.0621 e. The minimum Gasteiger partial charge on any atom is -0.198 e. The van der Waals surface area contributed by atoms with Crippen molar-refractivity contribution in [2.75, 3.05) is 0 Å². The van der Waals surface area contributed by atoms with E-state index in [-0.39, 0.29) is 0 Å². The van der Waals surface area contributed by atoms with E-state index in [1.165, 1.54) is 0 Å². The quantitative estimate of drug-likeness (QED) is 0.681. The molecule has 0 N–H and O–H groups in total. The van der Waals surface area contributed by atoms with E-state index in [0.29, 0.717) is 6.42 Å². The normalized spacial score (nSPS) is 9.43. The molecule has 1 nitrogen and oxygen atoms in total. The second-order valence-electron chi connectivity index (χ2n) is 3.12. The molecule has 0 aromatic heterocycles. The average Bonchev–Trinajstić information content (AvgIpc) is 2.19. The van der Waals surface area contributed by atoms with Crippen LogP contribution >= 0.6 is 11.6 Å². The van der Waals surface area contributed by atoms with E-state index in [0.717, 1.165) is 29.0 Å². The van der Waals surface area contributed by atoms with E-state index < -0.39 is 0 Å². The average molecular weight is 206 g/mol. The monoisotopic (exact) mass is 205 g/mol. The fourth-order valence-electron chi connectivity index (χ4n) is 1.21. The van der Waals surface area contributed by atoms with Crippen molar-refractivity contribution in [3.63, 3.8) is 0 Å². The number of allylic oxidation sites excluding steroid dienone is 1. The zero-order valence-corrected chi connectivity index (χ0v) is 8.72. The number of hydrogen-bond acceptors (Lipinski definition) is 1. The SMILES string of the molecule is C=C(CCCC#N)c1ccc(Cl)cc1. The van der Waals surface area contributed by atoms with Gasteiger partial charge in [-0.2, -0.15) is 5.26 Å². The molecule has 0 aliphatic carbocycles. The minimum absolute atomic E-state index is 0.590. The third-order valence-corrected chi connectivity index (χ3v) is 2.27. The summed E-state index contributed by atoms with van der Waals surface area (Å²) >= 11 is 5.77. The molecule has 0 unspecified atom stereocenters. The highest BCUT2D eigenvalue weighted by molar-refractivity contribution is 6.30. The van der Waals surface area contributed by atoms with Gasteiger partial charge in [0.2, 0.25) is 0 Å². The molecule has 0 fully saturated rings. The van der Waals surface area contributed by atoms with Gasteiger partial charge >= 0.3 is 0 Å². The van der Waals surface area contributed by atoms with Crippen molar-refractivity contribution in [1.29, 1.82) is 5.26 Å². The first kappa shape index (κ1) is 10.8. The molecule has 0 spiro atoms. The summed E-state index contributed by atoms with van der Waals surface area (Å²) in [5.41, 5.74) is 2.17. The second kappa shape index (κ2) is 5.47. The molecule has 72 valence electrons. The van der Waals surface area contributed by atoms with Crippen LogP contribution in [-0.2, 0) is 0 Å². The highest BCUT2D eigenvalue weighted by Gasteiger charge is 1.98. The van der Waals surface area contributed by atoms with Crippen LogP contribution in [0.3, 0.4) is 0 Å². The van der Waals surface area contributed by atoms with Crippen molar-refractivity contribution in [2.24, 2.45) is 0 Å². The molecular formula is C12H12ClN. The van der Waals surface area contributed by atoms with Crippen molar-refractivity contribution in [1.82, 2.24) is 0 Å². The summed E-state index contributed by atoms with van der Waals surface area (Å²) in [7, 11) is 0. The van der Waals surface area contributed by atoms with Gasteiger partial charge < -0.3 is 0 Å². The Morgan fingerprint density at radius 1 is 1.36 bits per heavy atom. The smallest absolute Gasteiger partial charge is 0.0621 e. The molecule has 1 rings (SSSR count). The van der Waals surface area contributed by atoms with Crippen LogP contribution in [0.1, 0.15) is 24.8 Å². The lowest BCUT2D eigenvalue weighted by Crippen LogP contribution is -1.82. The summed E-state index contributed by atoms with van der Waals surface area (Å²) in [5, 5.41) is 9.12. The molecule has 0 bridgehead atoms. The van der Waals surface area contributed by atoms with Crippen LogP contribution in [0.15, 0.2) is 30.8 Å². The highest BCUT2D eigenvalue weighted by atomic mass is 35.5. The maximum atomic E-state index is 8.39. The molecule has 14 heavy (non-hydrogen) atoms. The summed E-state index contributed by atoms with van der Waals surface area (Å²) < 4.78 is 0. The number of hydrogen-bond donors (Lipinski definition) is 0. The van der Waals surface area contributed by atoms with E-state index in [1.54, 1.807) is 0 Å². The third-order valence-electron chi connectivity index (χ3n) is 2.02. The van der Waals surface area contributed by atoms with Gasteiger partial charge in [-0.1, -0.05) is 30.3 Å². The molecule has 0 radical (unpaired) electrons. The Kier molecular flexibility index (Phi) is 4.22. The number of nitriles is 1. The van der Waals surface area contributed by atoms with E-state index >= 15 is 0 Å². The molecule has 0 heterocycles. The summed E-state index contributed by atoms with van der Waals surface area (Å²) in [6.45, 7) is 3.97. The summed E-state index contributed by atoms with van der Waals surface area (Å²) in [4.78, 5) is 0. The van der Waals surface area contributed by atoms with Crippen molar-refractivity contribution in [2.45, 2.75) is 19.3 Å². The van der Waals surface area contributed by atoms with Crippen LogP contribution in [0.5, 0.6) is 0 Å². The second-order valence-corrected chi connectivity index (χ2v) is 3.56. The predicted octanol–water partition coefficient (Wildman–Crippen LogP) is 4.05. The lowest BCUT2D eigenvalue weighted by Gasteiger charge is -2.03. The molecule has 0 amide bonds. The highest BCUT2D eigenvalue weighted by Crippen LogP contribution is 2.20. The Labute approximate surface area is 89.6 Å². The first-order chi connectivity index (χ1) is 6.74. The van der Waals surface area contributed by atoms with Crippen molar-refractivity contribution < 1.29 is 0 Å². The van der Waals surface area contributed by atoms with Gasteiger partial charge in [0.25, 0.3) is 0 Å².